The number of likely N-dealkylation sites (tertiary alicyclic amines) is 1. The number of nitrogens with two attached hydrogens (primary N) is 1. The summed E-state index contributed by atoms with van der Waals surface area (Å²) in [6.45, 7) is 7.13. The van der Waals surface area contributed by atoms with Crippen LogP contribution in [0.15, 0.2) is 6.07 Å². The van der Waals surface area contributed by atoms with Crippen LogP contribution in [-0.4, -0.2) is 23.4 Å². The summed E-state index contributed by atoms with van der Waals surface area (Å²) in [5.74, 6) is 0.749. The maximum absolute atomic E-state index is 12.2. The number of anilines is 1. The lowest BCUT2D eigenvalue weighted by atomic mass is 10.1. The molecule has 0 aliphatic carbocycles. The van der Waals surface area contributed by atoms with Crippen LogP contribution < -0.4 is 5.73 Å². The molecule has 0 spiro atoms. The van der Waals surface area contributed by atoms with E-state index in [-0.39, 0.29) is 5.91 Å². The molecule has 16 heavy (non-hydrogen) atoms. The Morgan fingerprint density at radius 1 is 1.56 bits per heavy atom. The van der Waals surface area contributed by atoms with Crippen LogP contribution in [0.5, 0.6) is 0 Å². The molecule has 1 aliphatic rings. The van der Waals surface area contributed by atoms with E-state index in [0.29, 0.717) is 12.0 Å². The van der Waals surface area contributed by atoms with Crippen LogP contribution in [0.4, 0.5) is 5.69 Å². The first-order chi connectivity index (χ1) is 7.49. The maximum atomic E-state index is 12.2. The van der Waals surface area contributed by atoms with Gasteiger partial charge in [-0.15, -0.1) is 11.3 Å². The van der Waals surface area contributed by atoms with Gasteiger partial charge in [0.15, 0.2) is 0 Å². The van der Waals surface area contributed by atoms with Crippen LogP contribution in [0.3, 0.4) is 0 Å². The van der Waals surface area contributed by atoms with E-state index < -0.39 is 0 Å². The normalized spacial score (nSPS) is 25.1. The molecule has 3 nitrogen and oxygen atoms in total. The number of carbonyl (C=O) groups excluding carboxylic acids is 1. The van der Waals surface area contributed by atoms with Crippen LogP contribution >= 0.6 is 11.3 Å². The molecule has 4 heteroatoms. The van der Waals surface area contributed by atoms with Gasteiger partial charge in [-0.05, 0) is 32.3 Å². The molecule has 1 fully saturated rings. The number of carbonyl (C=O) groups is 1. The van der Waals surface area contributed by atoms with Gasteiger partial charge in [0, 0.05) is 23.2 Å². The van der Waals surface area contributed by atoms with Gasteiger partial charge in [0.25, 0.3) is 5.91 Å². The number of aryl methyl sites for hydroxylation is 1. The third-order valence-electron chi connectivity index (χ3n) is 3.21. The first-order valence-electron chi connectivity index (χ1n) is 5.66. The fourth-order valence-corrected chi connectivity index (χ4v) is 3.22. The standard InChI is InChI=1S/C12H18N2OS/c1-7-4-8(2)14(6-7)12(15)11-5-10(13)9(3)16-11/h5,7-8H,4,6,13H2,1-3H3. The highest BCUT2D eigenvalue weighted by atomic mass is 32.1. The molecule has 88 valence electrons. The number of nitrogens with zero attached hydrogens (tertiary/aromatic N) is 1. The topological polar surface area (TPSA) is 46.3 Å². The average Bonchev–Trinajstić information content (AvgIpc) is 2.70. The SMILES string of the molecule is Cc1sc(C(=O)N2CC(C)CC2C)cc1N. The zero-order valence-corrected chi connectivity index (χ0v) is 10.8. The van der Waals surface area contributed by atoms with Crippen molar-refractivity contribution in [3.8, 4) is 0 Å². The van der Waals surface area contributed by atoms with Crippen molar-refractivity contribution >= 4 is 22.9 Å². The molecule has 1 saturated heterocycles. The third-order valence-corrected chi connectivity index (χ3v) is 4.27. The predicted octanol–water partition coefficient (Wildman–Crippen LogP) is 2.51. The molecule has 2 heterocycles. The fraction of sp³-hybridized carbons (Fsp3) is 0.583. The van der Waals surface area contributed by atoms with Crippen LogP contribution in [0.2, 0.25) is 0 Å². The monoisotopic (exact) mass is 238 g/mol. The van der Waals surface area contributed by atoms with Crippen molar-refractivity contribution in [1.82, 2.24) is 4.90 Å². The molecule has 0 bridgehead atoms. The summed E-state index contributed by atoms with van der Waals surface area (Å²) in [6.07, 6.45) is 1.10. The van der Waals surface area contributed by atoms with Gasteiger partial charge in [0.2, 0.25) is 0 Å². The summed E-state index contributed by atoms with van der Waals surface area (Å²) < 4.78 is 0. The quantitative estimate of drug-likeness (QED) is 0.817. The van der Waals surface area contributed by atoms with Crippen molar-refractivity contribution < 1.29 is 4.79 Å². The van der Waals surface area contributed by atoms with Gasteiger partial charge in [-0.2, -0.15) is 0 Å². The highest BCUT2D eigenvalue weighted by Gasteiger charge is 2.31. The van der Waals surface area contributed by atoms with Crippen molar-refractivity contribution in [2.24, 2.45) is 5.92 Å². The van der Waals surface area contributed by atoms with Crippen LogP contribution in [0.1, 0.15) is 34.8 Å². The van der Waals surface area contributed by atoms with Gasteiger partial charge in [0.1, 0.15) is 0 Å². The number of rotatable bonds is 1. The van der Waals surface area contributed by atoms with Crippen LogP contribution in [0.25, 0.3) is 0 Å². The predicted molar refractivity (Wildman–Crippen MR) is 67.7 cm³/mol. The highest BCUT2D eigenvalue weighted by Crippen LogP contribution is 2.29. The lowest BCUT2D eigenvalue weighted by Gasteiger charge is -2.20. The van der Waals surface area contributed by atoms with Gasteiger partial charge in [0.05, 0.1) is 4.88 Å². The van der Waals surface area contributed by atoms with Gasteiger partial charge in [-0.1, -0.05) is 6.92 Å². The molecular formula is C12H18N2OS. The number of amides is 1. The molecule has 2 rings (SSSR count). The molecule has 1 aromatic rings. The van der Waals surface area contributed by atoms with Gasteiger partial charge >= 0.3 is 0 Å². The number of nitrogen functional groups attached to an aromatic ring is 1. The smallest absolute Gasteiger partial charge is 0.264 e. The van der Waals surface area contributed by atoms with E-state index >= 15 is 0 Å². The Bertz CT molecular complexity index is 394. The van der Waals surface area contributed by atoms with E-state index in [9.17, 15) is 4.79 Å². The van der Waals surface area contributed by atoms with Crippen LogP contribution in [-0.2, 0) is 0 Å². The molecule has 2 atom stereocenters. The third kappa shape index (κ3) is 1.94. The van der Waals surface area contributed by atoms with Crippen molar-refractivity contribution in [3.05, 3.63) is 15.8 Å². The van der Waals surface area contributed by atoms with Crippen molar-refractivity contribution in [2.75, 3.05) is 12.3 Å². The minimum absolute atomic E-state index is 0.140. The second-order valence-corrected chi connectivity index (χ2v) is 6.03. The van der Waals surface area contributed by atoms with E-state index in [0.717, 1.165) is 28.4 Å². The largest absolute Gasteiger partial charge is 0.398 e. The Hall–Kier alpha value is -1.03. The molecule has 2 N–H and O–H groups in total. The Labute approximate surface area is 100 Å². The Kier molecular flexibility index (Phi) is 2.93. The summed E-state index contributed by atoms with van der Waals surface area (Å²) in [5, 5.41) is 0. The van der Waals surface area contributed by atoms with Gasteiger partial charge in [-0.3, -0.25) is 4.79 Å². The zero-order valence-electron chi connectivity index (χ0n) is 9.99. The van der Waals surface area contributed by atoms with E-state index in [2.05, 4.69) is 13.8 Å². The lowest BCUT2D eigenvalue weighted by Crippen LogP contribution is -2.33. The highest BCUT2D eigenvalue weighted by molar-refractivity contribution is 7.14. The fourth-order valence-electron chi connectivity index (χ4n) is 2.33. The summed E-state index contributed by atoms with van der Waals surface area (Å²) in [5.41, 5.74) is 6.51. The molecule has 0 saturated carbocycles. The first kappa shape index (κ1) is 11.5. The molecule has 1 aliphatic heterocycles. The first-order valence-corrected chi connectivity index (χ1v) is 6.47. The van der Waals surface area contributed by atoms with Crippen LogP contribution in [0, 0.1) is 12.8 Å². The number of thiophene rings is 1. The lowest BCUT2D eigenvalue weighted by molar-refractivity contribution is 0.0748. The number of hydrogen-bond acceptors (Lipinski definition) is 3. The molecule has 1 aromatic heterocycles. The second kappa shape index (κ2) is 4.09. The van der Waals surface area contributed by atoms with E-state index in [4.69, 9.17) is 5.73 Å². The minimum atomic E-state index is 0.140. The summed E-state index contributed by atoms with van der Waals surface area (Å²) in [7, 11) is 0. The van der Waals surface area contributed by atoms with Gasteiger partial charge in [-0.25, -0.2) is 0 Å². The number of hydrogen-bond donors (Lipinski definition) is 1. The Balaban J connectivity index is 2.19. The summed E-state index contributed by atoms with van der Waals surface area (Å²) in [4.78, 5) is 16.0. The summed E-state index contributed by atoms with van der Waals surface area (Å²) >= 11 is 1.50. The zero-order chi connectivity index (χ0) is 11.9. The molecule has 0 aromatic carbocycles. The van der Waals surface area contributed by atoms with Crippen molar-refractivity contribution in [1.29, 1.82) is 0 Å². The molecule has 1 amide bonds. The van der Waals surface area contributed by atoms with Gasteiger partial charge < -0.3 is 10.6 Å². The van der Waals surface area contributed by atoms with E-state index in [1.54, 1.807) is 6.07 Å². The second-order valence-electron chi connectivity index (χ2n) is 4.77. The Morgan fingerprint density at radius 2 is 2.25 bits per heavy atom. The minimum Gasteiger partial charge on any atom is -0.398 e. The van der Waals surface area contributed by atoms with E-state index in [1.165, 1.54) is 11.3 Å². The van der Waals surface area contributed by atoms with E-state index in [1.807, 2.05) is 11.8 Å². The molecule has 2 unspecified atom stereocenters. The maximum Gasteiger partial charge on any atom is 0.264 e. The average molecular weight is 238 g/mol. The van der Waals surface area contributed by atoms with Crippen molar-refractivity contribution in [2.45, 2.75) is 33.2 Å². The summed E-state index contributed by atoms with van der Waals surface area (Å²) in [6, 6.07) is 2.16. The molecule has 0 radical (unpaired) electrons. The van der Waals surface area contributed by atoms with Crippen molar-refractivity contribution in [3.63, 3.8) is 0 Å². The molecular weight excluding hydrogens is 220 g/mol. The Morgan fingerprint density at radius 3 is 2.69 bits per heavy atom.